The summed E-state index contributed by atoms with van der Waals surface area (Å²) in [5.41, 5.74) is 4.02. The number of rotatable bonds is 5. The Hall–Kier alpha value is -5.20. The Labute approximate surface area is 250 Å². The van der Waals surface area contributed by atoms with Crippen LogP contribution in [0.1, 0.15) is 48.2 Å². The number of carbonyl (C=O) groups is 2. The minimum absolute atomic E-state index is 0.0916. The van der Waals surface area contributed by atoms with Crippen LogP contribution in [0.25, 0.3) is 28.2 Å². The van der Waals surface area contributed by atoms with E-state index in [0.29, 0.717) is 42.2 Å². The summed E-state index contributed by atoms with van der Waals surface area (Å²) in [5.74, 6) is -1.42. The number of imidazole rings is 1. The Bertz CT molecular complexity index is 1860. The van der Waals surface area contributed by atoms with Crippen LogP contribution in [-0.2, 0) is 13.1 Å². The predicted molar refractivity (Wildman–Crippen MR) is 158 cm³/mol. The zero-order valence-corrected chi connectivity index (χ0v) is 23.7. The van der Waals surface area contributed by atoms with Crippen molar-refractivity contribution in [3.63, 3.8) is 0 Å². The SMILES string of the molecule is O=C(Nc1cn2nc(-c3c(-c4ccc(F)cc4)nn4c3CN(C(=O)NC3CCCCC3)CC4)ccc2n1)c1ccnc(F)c1. The molecule has 0 unspecified atom stereocenters. The molecule has 1 aromatic carbocycles. The van der Waals surface area contributed by atoms with Crippen molar-refractivity contribution in [2.24, 2.45) is 0 Å². The van der Waals surface area contributed by atoms with Gasteiger partial charge >= 0.3 is 6.03 Å². The number of pyridine rings is 1. The van der Waals surface area contributed by atoms with Gasteiger partial charge in [-0.15, -0.1) is 0 Å². The molecule has 0 radical (unpaired) electrons. The summed E-state index contributed by atoms with van der Waals surface area (Å²) in [6.45, 7) is 1.34. The van der Waals surface area contributed by atoms with Crippen molar-refractivity contribution in [3.05, 3.63) is 83.9 Å². The first-order valence-corrected chi connectivity index (χ1v) is 14.6. The molecule has 5 heterocycles. The molecule has 0 bridgehead atoms. The molecule has 5 aromatic rings. The number of nitrogens with one attached hydrogen (secondary N) is 2. The smallest absolute Gasteiger partial charge is 0.318 e. The number of urea groups is 1. The van der Waals surface area contributed by atoms with E-state index in [0.717, 1.165) is 43.0 Å². The molecule has 3 amide bonds. The van der Waals surface area contributed by atoms with E-state index in [9.17, 15) is 18.4 Å². The summed E-state index contributed by atoms with van der Waals surface area (Å²) in [6, 6.07) is 12.2. The van der Waals surface area contributed by atoms with E-state index in [1.807, 2.05) is 4.68 Å². The second-order valence-electron chi connectivity index (χ2n) is 11.1. The van der Waals surface area contributed by atoms with Gasteiger partial charge < -0.3 is 15.5 Å². The molecule has 7 rings (SSSR count). The number of halogens is 2. The van der Waals surface area contributed by atoms with Gasteiger partial charge in [-0.25, -0.2) is 23.7 Å². The lowest BCUT2D eigenvalue weighted by molar-refractivity contribution is 0.102. The van der Waals surface area contributed by atoms with Crippen molar-refractivity contribution in [3.8, 4) is 22.5 Å². The second-order valence-corrected chi connectivity index (χ2v) is 11.1. The molecule has 13 heteroatoms. The van der Waals surface area contributed by atoms with Crippen LogP contribution in [-0.4, -0.2) is 58.8 Å². The van der Waals surface area contributed by atoms with Crippen LogP contribution in [0.4, 0.5) is 19.4 Å². The van der Waals surface area contributed by atoms with Gasteiger partial charge in [-0.05, 0) is 55.3 Å². The quantitative estimate of drug-likeness (QED) is 0.274. The van der Waals surface area contributed by atoms with E-state index >= 15 is 0 Å². The number of amides is 3. The van der Waals surface area contributed by atoms with Crippen LogP contribution < -0.4 is 10.6 Å². The Kier molecular flexibility index (Phi) is 7.20. The zero-order chi connectivity index (χ0) is 30.2. The summed E-state index contributed by atoms with van der Waals surface area (Å²) in [4.78, 5) is 35.6. The third-order valence-electron chi connectivity index (χ3n) is 8.12. The molecular weight excluding hydrogens is 568 g/mol. The number of aromatic nitrogens is 6. The third-order valence-corrected chi connectivity index (χ3v) is 8.12. The van der Waals surface area contributed by atoms with Gasteiger partial charge in [-0.2, -0.15) is 14.6 Å². The van der Waals surface area contributed by atoms with Gasteiger partial charge in [0, 0.05) is 36.0 Å². The van der Waals surface area contributed by atoms with Crippen molar-refractivity contribution in [1.29, 1.82) is 0 Å². The fourth-order valence-corrected chi connectivity index (χ4v) is 5.89. The van der Waals surface area contributed by atoms with E-state index in [1.54, 1.807) is 35.4 Å². The van der Waals surface area contributed by atoms with Crippen LogP contribution in [0.5, 0.6) is 0 Å². The molecule has 1 aliphatic carbocycles. The van der Waals surface area contributed by atoms with Crippen LogP contribution in [0.3, 0.4) is 0 Å². The number of fused-ring (bicyclic) bond motifs is 2. The number of carbonyl (C=O) groups excluding carboxylic acids is 2. The maximum Gasteiger partial charge on any atom is 0.318 e. The maximum atomic E-state index is 13.8. The standard InChI is InChI=1S/C31H29F2N9O2/c32-21-8-6-19(7-9-21)29-28(24-17-40(14-15-41(24)39-29)31(44)35-22-4-2-1-3-5-22)23-10-11-27-36-26(18-42(27)38-23)37-30(43)20-12-13-34-25(33)16-20/h6-13,16,18,22H,1-5,14-15,17H2,(H,35,44)(H,37,43). The highest BCUT2D eigenvalue weighted by Crippen LogP contribution is 2.36. The van der Waals surface area contributed by atoms with Gasteiger partial charge in [0.15, 0.2) is 11.5 Å². The van der Waals surface area contributed by atoms with E-state index in [1.165, 1.54) is 35.3 Å². The summed E-state index contributed by atoms with van der Waals surface area (Å²) < 4.78 is 30.8. The first-order chi connectivity index (χ1) is 21.4. The summed E-state index contributed by atoms with van der Waals surface area (Å²) in [7, 11) is 0. The monoisotopic (exact) mass is 597 g/mol. The second kappa shape index (κ2) is 11.5. The predicted octanol–water partition coefficient (Wildman–Crippen LogP) is 5.04. The number of anilines is 1. The summed E-state index contributed by atoms with van der Waals surface area (Å²) >= 11 is 0. The summed E-state index contributed by atoms with van der Waals surface area (Å²) in [6.07, 6.45) is 8.22. The number of hydrogen-bond acceptors (Lipinski definition) is 6. The van der Waals surface area contributed by atoms with E-state index in [4.69, 9.17) is 10.2 Å². The number of hydrogen-bond donors (Lipinski definition) is 2. The fourth-order valence-electron chi connectivity index (χ4n) is 5.89. The number of nitrogens with zero attached hydrogens (tertiary/aromatic N) is 7. The van der Waals surface area contributed by atoms with Crippen LogP contribution in [0.2, 0.25) is 0 Å². The lowest BCUT2D eigenvalue weighted by Gasteiger charge is -2.31. The maximum absolute atomic E-state index is 13.8. The molecule has 2 aliphatic rings. The average Bonchev–Trinajstić information content (AvgIpc) is 3.62. The Morgan fingerprint density at radius 2 is 1.75 bits per heavy atom. The van der Waals surface area contributed by atoms with E-state index in [2.05, 4.69) is 20.6 Å². The van der Waals surface area contributed by atoms with Gasteiger partial charge in [0.05, 0.1) is 36.2 Å². The van der Waals surface area contributed by atoms with Crippen LogP contribution >= 0.6 is 0 Å². The molecular formula is C31H29F2N9O2. The fraction of sp³-hybridized carbons (Fsp3) is 0.290. The molecule has 1 fully saturated rings. The molecule has 11 nitrogen and oxygen atoms in total. The topological polar surface area (TPSA) is 122 Å². The third kappa shape index (κ3) is 5.48. The van der Waals surface area contributed by atoms with Crippen molar-refractivity contribution in [1.82, 2.24) is 39.6 Å². The molecule has 0 atom stereocenters. The van der Waals surface area contributed by atoms with Crippen molar-refractivity contribution in [2.75, 3.05) is 11.9 Å². The molecule has 44 heavy (non-hydrogen) atoms. The first kappa shape index (κ1) is 27.6. The Morgan fingerprint density at radius 3 is 2.55 bits per heavy atom. The highest BCUT2D eigenvalue weighted by molar-refractivity contribution is 6.03. The van der Waals surface area contributed by atoms with Crippen molar-refractivity contribution < 1.29 is 18.4 Å². The lowest BCUT2D eigenvalue weighted by Crippen LogP contribution is -2.48. The Balaban J connectivity index is 1.22. The minimum atomic E-state index is -0.759. The molecule has 2 N–H and O–H groups in total. The van der Waals surface area contributed by atoms with E-state index in [-0.39, 0.29) is 29.3 Å². The van der Waals surface area contributed by atoms with Gasteiger partial charge in [-0.1, -0.05) is 19.3 Å². The van der Waals surface area contributed by atoms with E-state index < -0.39 is 11.9 Å². The van der Waals surface area contributed by atoms with Gasteiger partial charge in [0.1, 0.15) is 11.5 Å². The normalized spacial score (nSPS) is 15.3. The lowest BCUT2D eigenvalue weighted by atomic mass is 9.96. The van der Waals surface area contributed by atoms with Gasteiger partial charge in [-0.3, -0.25) is 9.48 Å². The van der Waals surface area contributed by atoms with Crippen molar-refractivity contribution in [2.45, 2.75) is 51.2 Å². The highest BCUT2D eigenvalue weighted by Gasteiger charge is 2.30. The first-order valence-electron chi connectivity index (χ1n) is 14.6. The largest absolute Gasteiger partial charge is 0.335 e. The van der Waals surface area contributed by atoms with Crippen LogP contribution in [0, 0.1) is 11.8 Å². The molecule has 1 saturated carbocycles. The highest BCUT2D eigenvalue weighted by atomic mass is 19.1. The molecule has 0 saturated heterocycles. The van der Waals surface area contributed by atoms with Gasteiger partial charge in [0.2, 0.25) is 5.95 Å². The van der Waals surface area contributed by atoms with Crippen LogP contribution in [0.15, 0.2) is 60.9 Å². The molecule has 0 spiro atoms. The minimum Gasteiger partial charge on any atom is -0.335 e. The Morgan fingerprint density at radius 1 is 0.932 bits per heavy atom. The molecule has 224 valence electrons. The van der Waals surface area contributed by atoms with Crippen molar-refractivity contribution >= 4 is 23.4 Å². The summed E-state index contributed by atoms with van der Waals surface area (Å²) in [5, 5.41) is 15.5. The van der Waals surface area contributed by atoms with Gasteiger partial charge in [0.25, 0.3) is 5.91 Å². The molecule has 4 aromatic heterocycles. The zero-order valence-electron chi connectivity index (χ0n) is 23.7. The average molecular weight is 598 g/mol. The molecule has 1 aliphatic heterocycles. The number of benzene rings is 1.